The van der Waals surface area contributed by atoms with Crippen LogP contribution in [0.5, 0.6) is 0 Å². The molecule has 0 aliphatic carbocycles. The van der Waals surface area contributed by atoms with E-state index < -0.39 is 23.8 Å². The summed E-state index contributed by atoms with van der Waals surface area (Å²) < 4.78 is 43.4. The molecule has 0 spiro atoms. The van der Waals surface area contributed by atoms with E-state index in [1.807, 2.05) is 22.3 Å². The van der Waals surface area contributed by atoms with Crippen LogP contribution in [0.25, 0.3) is 16.7 Å². The number of piperidine rings is 1. The van der Waals surface area contributed by atoms with E-state index in [1.165, 1.54) is 12.1 Å². The van der Waals surface area contributed by atoms with E-state index in [0.717, 1.165) is 24.5 Å². The van der Waals surface area contributed by atoms with Crippen LogP contribution in [0, 0.1) is 19.7 Å². The average Bonchev–Trinajstić information content (AvgIpc) is 3.25. The summed E-state index contributed by atoms with van der Waals surface area (Å²) in [5.74, 6) is 0.902. The summed E-state index contributed by atoms with van der Waals surface area (Å²) in [6.07, 6.45) is -1.34. The van der Waals surface area contributed by atoms with E-state index in [1.54, 1.807) is 20.8 Å². The smallest absolute Gasteiger partial charge is 0.266 e. The molecule has 1 fully saturated rings. The Morgan fingerprint density at radius 1 is 1.08 bits per heavy atom. The first-order valence-electron chi connectivity index (χ1n) is 12.3. The van der Waals surface area contributed by atoms with Gasteiger partial charge in [0, 0.05) is 31.1 Å². The van der Waals surface area contributed by atoms with Gasteiger partial charge in [-0.25, -0.2) is 23.1 Å². The van der Waals surface area contributed by atoms with Crippen LogP contribution in [-0.4, -0.2) is 48.5 Å². The van der Waals surface area contributed by atoms with Crippen molar-refractivity contribution in [1.29, 1.82) is 0 Å². The van der Waals surface area contributed by atoms with Crippen molar-refractivity contribution in [2.45, 2.75) is 58.9 Å². The van der Waals surface area contributed by atoms with Gasteiger partial charge in [-0.05, 0) is 45.6 Å². The predicted octanol–water partition coefficient (Wildman–Crippen LogP) is 5.27. The number of hydrogen-bond acceptors (Lipinski definition) is 6. The largest absolute Gasteiger partial charge is 0.363 e. The van der Waals surface area contributed by atoms with Gasteiger partial charge in [0.1, 0.15) is 23.3 Å². The fourth-order valence-corrected chi connectivity index (χ4v) is 5.16. The maximum Gasteiger partial charge on any atom is 0.266 e. The van der Waals surface area contributed by atoms with Gasteiger partial charge in [-0.1, -0.05) is 18.2 Å². The minimum Gasteiger partial charge on any atom is -0.363 e. The molecule has 1 aliphatic rings. The molecule has 1 aromatic carbocycles. The first kappa shape index (κ1) is 24.9. The van der Waals surface area contributed by atoms with Crippen molar-refractivity contribution in [3.05, 3.63) is 58.4 Å². The molecule has 3 aromatic heterocycles. The molecule has 37 heavy (non-hydrogen) atoms. The fourth-order valence-electron chi connectivity index (χ4n) is 5.16. The molecule has 0 saturated carbocycles. The zero-order chi connectivity index (χ0) is 26.4. The number of nitrogens with one attached hydrogen (secondary N) is 1. The van der Waals surface area contributed by atoms with E-state index in [4.69, 9.17) is 0 Å². The number of rotatable bonds is 5. The molecular weight excluding hydrogens is 483 g/mol. The van der Waals surface area contributed by atoms with Gasteiger partial charge in [-0.2, -0.15) is 0 Å². The quantitative estimate of drug-likeness (QED) is 0.393. The van der Waals surface area contributed by atoms with Gasteiger partial charge < -0.3 is 10.2 Å². The van der Waals surface area contributed by atoms with E-state index in [2.05, 4.69) is 25.5 Å². The maximum absolute atomic E-state index is 14.9. The number of fused-ring (bicyclic) bond motifs is 3. The molecule has 1 aliphatic heterocycles. The third kappa shape index (κ3) is 4.47. The molecule has 1 atom stereocenters. The van der Waals surface area contributed by atoms with Crippen LogP contribution in [0.4, 0.5) is 19.0 Å². The van der Waals surface area contributed by atoms with Crippen LogP contribution in [0.1, 0.15) is 73.4 Å². The van der Waals surface area contributed by atoms with Gasteiger partial charge in [0.05, 0.1) is 17.0 Å². The summed E-state index contributed by atoms with van der Waals surface area (Å²) in [7, 11) is 0. The van der Waals surface area contributed by atoms with Gasteiger partial charge in [-0.3, -0.25) is 9.20 Å². The number of halogens is 3. The molecule has 0 bridgehead atoms. The molecule has 0 unspecified atom stereocenters. The lowest BCUT2D eigenvalue weighted by atomic mass is 9.89. The molecule has 5 rings (SSSR count). The lowest BCUT2D eigenvalue weighted by Crippen LogP contribution is -2.36. The van der Waals surface area contributed by atoms with Crippen molar-refractivity contribution < 1.29 is 18.0 Å². The third-order valence-electron chi connectivity index (χ3n) is 7.13. The van der Waals surface area contributed by atoms with E-state index in [9.17, 15) is 18.0 Å². The molecule has 1 saturated heterocycles. The van der Waals surface area contributed by atoms with Crippen molar-refractivity contribution in [3.8, 4) is 0 Å². The number of anilines is 1. The Bertz CT molecular complexity index is 1500. The minimum atomic E-state index is -2.91. The summed E-state index contributed by atoms with van der Waals surface area (Å²) in [6.45, 7) is 8.20. The number of alkyl halides is 2. The Morgan fingerprint density at radius 3 is 2.46 bits per heavy atom. The number of aromatic nitrogens is 5. The summed E-state index contributed by atoms with van der Waals surface area (Å²) in [4.78, 5) is 22.9. The highest BCUT2D eigenvalue weighted by Crippen LogP contribution is 2.36. The monoisotopic (exact) mass is 511 g/mol. The van der Waals surface area contributed by atoms with Crippen LogP contribution in [-0.2, 0) is 4.79 Å². The van der Waals surface area contributed by atoms with Crippen LogP contribution >= 0.6 is 0 Å². The molecule has 4 aromatic rings. The minimum absolute atomic E-state index is 0.0629. The molecule has 0 radical (unpaired) electrons. The van der Waals surface area contributed by atoms with Crippen molar-refractivity contribution >= 4 is 28.4 Å². The Labute approximate surface area is 211 Å². The second kappa shape index (κ2) is 9.60. The van der Waals surface area contributed by atoms with Crippen molar-refractivity contribution in [2.75, 3.05) is 18.4 Å². The average molecular weight is 512 g/mol. The maximum atomic E-state index is 14.9. The molecule has 1 N–H and O–H groups in total. The molecule has 4 heterocycles. The summed E-state index contributed by atoms with van der Waals surface area (Å²) in [5.41, 5.74) is 1.78. The van der Waals surface area contributed by atoms with E-state index >= 15 is 0 Å². The zero-order valence-corrected chi connectivity index (χ0v) is 21.1. The van der Waals surface area contributed by atoms with Gasteiger partial charge in [0.25, 0.3) is 6.43 Å². The zero-order valence-electron chi connectivity index (χ0n) is 21.1. The van der Waals surface area contributed by atoms with Crippen LogP contribution in [0.3, 0.4) is 0 Å². The number of carbonyl (C=O) groups excluding carboxylic acids is 1. The molecular formula is C26H28F3N7O. The first-order valence-corrected chi connectivity index (χ1v) is 12.3. The van der Waals surface area contributed by atoms with E-state index in [-0.39, 0.29) is 17.4 Å². The first-order chi connectivity index (χ1) is 17.7. The van der Waals surface area contributed by atoms with E-state index in [0.29, 0.717) is 47.2 Å². The summed E-state index contributed by atoms with van der Waals surface area (Å²) in [5, 5.41) is 12.7. The molecule has 1 amide bonds. The van der Waals surface area contributed by atoms with Crippen LogP contribution in [0.15, 0.2) is 24.3 Å². The van der Waals surface area contributed by atoms with Gasteiger partial charge in [0.2, 0.25) is 5.91 Å². The number of hydrogen-bond donors (Lipinski definition) is 1. The Hall–Kier alpha value is -3.76. The Balaban J connectivity index is 1.61. The Kier molecular flexibility index (Phi) is 6.47. The summed E-state index contributed by atoms with van der Waals surface area (Å²) in [6, 6.07) is 5.36. The second-order valence-corrected chi connectivity index (χ2v) is 9.56. The highest BCUT2D eigenvalue weighted by atomic mass is 19.3. The highest BCUT2D eigenvalue weighted by molar-refractivity contribution is 5.90. The third-order valence-corrected chi connectivity index (χ3v) is 7.13. The standard InChI is InChI=1S/C26H28F3N7O/c1-13(18-6-5-7-19(22(18)27)23(28)29)30-24-21-12-20(17-8-10-35(11-9-17)16(4)37)26-34-33-15(3)36(26)25(21)32-14(2)31-24/h5-7,12-13,17,23H,8-11H2,1-4H3,(H,30,31,32)/t13-/m1/s1. The number of benzene rings is 1. The number of amides is 1. The highest BCUT2D eigenvalue weighted by Gasteiger charge is 2.27. The van der Waals surface area contributed by atoms with Crippen molar-refractivity contribution in [1.82, 2.24) is 29.5 Å². The number of aryl methyl sites for hydroxylation is 2. The SMILES string of the molecule is CC(=O)N1CCC(c2cc3c(N[C@H](C)c4cccc(C(F)F)c4F)nc(C)nc3n3c(C)nnc23)CC1. The Morgan fingerprint density at radius 2 is 1.78 bits per heavy atom. The normalized spacial score (nSPS) is 15.6. The van der Waals surface area contributed by atoms with Gasteiger partial charge >= 0.3 is 0 Å². The number of likely N-dealkylation sites (tertiary alicyclic amines) is 1. The fraction of sp³-hybridized carbons (Fsp3) is 0.423. The number of carbonyl (C=O) groups is 1. The second-order valence-electron chi connectivity index (χ2n) is 9.56. The van der Waals surface area contributed by atoms with Crippen molar-refractivity contribution in [2.24, 2.45) is 0 Å². The lowest BCUT2D eigenvalue weighted by molar-refractivity contribution is -0.129. The molecule has 11 heteroatoms. The predicted molar refractivity (Wildman–Crippen MR) is 133 cm³/mol. The lowest BCUT2D eigenvalue weighted by Gasteiger charge is -2.31. The van der Waals surface area contributed by atoms with Crippen LogP contribution < -0.4 is 5.32 Å². The van der Waals surface area contributed by atoms with Gasteiger partial charge in [0.15, 0.2) is 11.3 Å². The van der Waals surface area contributed by atoms with Gasteiger partial charge in [-0.15, -0.1) is 10.2 Å². The topological polar surface area (TPSA) is 88.3 Å². The van der Waals surface area contributed by atoms with Crippen molar-refractivity contribution in [3.63, 3.8) is 0 Å². The van der Waals surface area contributed by atoms with Crippen LogP contribution in [0.2, 0.25) is 0 Å². The molecule has 194 valence electrons. The number of nitrogens with zero attached hydrogens (tertiary/aromatic N) is 6. The summed E-state index contributed by atoms with van der Waals surface area (Å²) >= 11 is 0. The molecule has 8 nitrogen and oxygen atoms in total. The number of pyridine rings is 1.